The van der Waals surface area contributed by atoms with Crippen LogP contribution in [0.15, 0.2) is 42.5 Å². The van der Waals surface area contributed by atoms with Crippen LogP contribution in [0.5, 0.6) is 0 Å². The van der Waals surface area contributed by atoms with E-state index in [1.165, 1.54) is 32.1 Å². The van der Waals surface area contributed by atoms with Crippen molar-refractivity contribution in [2.24, 2.45) is 0 Å². The molecule has 1 aliphatic carbocycles. The standard InChI is InChI=1S/C14H19/c1-2-4-6-8-10-12-14-13-11-9-7-5-3-1/h1-5,11,13H,6,8-10,12,14H2. The first-order valence-electron chi connectivity index (χ1n) is 5.53. The molecule has 0 amide bonds. The van der Waals surface area contributed by atoms with Gasteiger partial charge in [0.25, 0.3) is 0 Å². The zero-order valence-electron chi connectivity index (χ0n) is 8.78. The van der Waals surface area contributed by atoms with Crippen molar-refractivity contribution in [2.45, 2.75) is 38.5 Å². The molecule has 0 spiro atoms. The third-order valence-corrected chi connectivity index (χ3v) is 2.22. The largest absolute Gasteiger partial charge is 0.0882 e. The van der Waals surface area contributed by atoms with Crippen molar-refractivity contribution in [3.8, 4) is 0 Å². The summed E-state index contributed by atoms with van der Waals surface area (Å²) in [5.41, 5.74) is 0. The number of hydrogen-bond donors (Lipinski definition) is 0. The highest BCUT2D eigenvalue weighted by Gasteiger charge is 1.85. The highest BCUT2D eigenvalue weighted by atomic mass is 13.9. The van der Waals surface area contributed by atoms with Gasteiger partial charge in [-0.15, -0.1) is 0 Å². The minimum atomic E-state index is 0.939. The average molecular weight is 187 g/mol. The Morgan fingerprint density at radius 3 is 2.50 bits per heavy atom. The van der Waals surface area contributed by atoms with Crippen molar-refractivity contribution in [3.05, 3.63) is 48.6 Å². The Morgan fingerprint density at radius 2 is 1.57 bits per heavy atom. The maximum Gasteiger partial charge on any atom is -0.00946 e. The van der Waals surface area contributed by atoms with Gasteiger partial charge in [0.2, 0.25) is 0 Å². The van der Waals surface area contributed by atoms with Crippen molar-refractivity contribution >= 4 is 0 Å². The molecule has 14 heavy (non-hydrogen) atoms. The molecule has 0 aromatic heterocycles. The maximum absolute atomic E-state index is 3.21. The van der Waals surface area contributed by atoms with Crippen molar-refractivity contribution in [3.63, 3.8) is 0 Å². The van der Waals surface area contributed by atoms with Crippen LogP contribution in [0.25, 0.3) is 0 Å². The SMILES string of the molecule is [C]1=CC=CC=CCCCCCC=CC1. The Labute approximate surface area is 87.7 Å². The van der Waals surface area contributed by atoms with Gasteiger partial charge in [0, 0.05) is 0 Å². The fourth-order valence-corrected chi connectivity index (χ4v) is 1.40. The van der Waals surface area contributed by atoms with Gasteiger partial charge >= 0.3 is 0 Å². The third-order valence-electron chi connectivity index (χ3n) is 2.22. The fourth-order valence-electron chi connectivity index (χ4n) is 1.40. The van der Waals surface area contributed by atoms with Crippen LogP contribution in [-0.2, 0) is 0 Å². The molecular formula is C14H19. The number of rotatable bonds is 0. The van der Waals surface area contributed by atoms with E-state index < -0.39 is 0 Å². The molecule has 75 valence electrons. The lowest BCUT2D eigenvalue weighted by molar-refractivity contribution is 0.695. The van der Waals surface area contributed by atoms with E-state index in [9.17, 15) is 0 Å². The Kier molecular flexibility index (Phi) is 6.74. The van der Waals surface area contributed by atoms with Crippen LogP contribution in [0, 0.1) is 6.08 Å². The van der Waals surface area contributed by atoms with Gasteiger partial charge in [-0.25, -0.2) is 0 Å². The molecule has 0 bridgehead atoms. The van der Waals surface area contributed by atoms with Gasteiger partial charge in [-0.1, -0.05) is 49.0 Å². The second-order valence-corrected chi connectivity index (χ2v) is 3.50. The molecule has 0 aromatic carbocycles. The lowest BCUT2D eigenvalue weighted by Crippen LogP contribution is -1.75. The van der Waals surface area contributed by atoms with Gasteiger partial charge in [-0.2, -0.15) is 0 Å². The van der Waals surface area contributed by atoms with Gasteiger partial charge in [0.15, 0.2) is 0 Å². The first-order chi connectivity index (χ1) is 7.00. The van der Waals surface area contributed by atoms with Crippen LogP contribution in [0.1, 0.15) is 38.5 Å². The maximum atomic E-state index is 3.21. The predicted octanol–water partition coefficient (Wildman–Crippen LogP) is 4.37. The smallest absolute Gasteiger partial charge is 0.00946 e. The molecule has 1 radical (unpaired) electrons. The summed E-state index contributed by atoms with van der Waals surface area (Å²) in [6.07, 6.45) is 25.5. The van der Waals surface area contributed by atoms with Crippen LogP contribution in [0.2, 0.25) is 0 Å². The van der Waals surface area contributed by atoms with E-state index >= 15 is 0 Å². The summed E-state index contributed by atoms with van der Waals surface area (Å²) < 4.78 is 0. The third kappa shape index (κ3) is 6.47. The van der Waals surface area contributed by atoms with E-state index in [1.807, 2.05) is 12.2 Å². The molecule has 0 N–H and O–H groups in total. The predicted molar refractivity (Wildman–Crippen MR) is 62.9 cm³/mol. The molecular weight excluding hydrogens is 168 g/mol. The molecule has 0 atom stereocenters. The topological polar surface area (TPSA) is 0 Å². The minimum absolute atomic E-state index is 0.939. The molecule has 1 aliphatic rings. The first kappa shape index (κ1) is 11.0. The highest BCUT2D eigenvalue weighted by Crippen LogP contribution is 2.05. The molecule has 0 fully saturated rings. The zero-order valence-corrected chi connectivity index (χ0v) is 8.78. The Balaban J connectivity index is 2.36. The fraction of sp³-hybridized carbons (Fsp3) is 0.429. The second-order valence-electron chi connectivity index (χ2n) is 3.50. The summed E-state index contributed by atoms with van der Waals surface area (Å²) >= 11 is 0. The number of allylic oxidation sites excluding steroid dienone is 8. The molecule has 0 aromatic rings. The molecule has 0 saturated heterocycles. The molecule has 0 nitrogen and oxygen atoms in total. The minimum Gasteiger partial charge on any atom is -0.0882 e. The van der Waals surface area contributed by atoms with E-state index in [-0.39, 0.29) is 0 Å². The lowest BCUT2D eigenvalue weighted by atomic mass is 10.1. The summed E-state index contributed by atoms with van der Waals surface area (Å²) in [6, 6.07) is 0. The van der Waals surface area contributed by atoms with E-state index in [4.69, 9.17) is 0 Å². The summed E-state index contributed by atoms with van der Waals surface area (Å²) in [7, 11) is 0. The van der Waals surface area contributed by atoms with Crippen LogP contribution >= 0.6 is 0 Å². The van der Waals surface area contributed by atoms with E-state index in [0.29, 0.717) is 0 Å². The highest BCUT2D eigenvalue weighted by molar-refractivity contribution is 5.10. The van der Waals surface area contributed by atoms with Crippen molar-refractivity contribution in [1.82, 2.24) is 0 Å². The van der Waals surface area contributed by atoms with Gasteiger partial charge in [0.05, 0.1) is 0 Å². The van der Waals surface area contributed by atoms with Crippen LogP contribution in [0.4, 0.5) is 0 Å². The van der Waals surface area contributed by atoms with E-state index in [2.05, 4.69) is 36.5 Å². The number of hydrogen-bond acceptors (Lipinski definition) is 0. The van der Waals surface area contributed by atoms with Gasteiger partial charge in [-0.3, -0.25) is 0 Å². The summed E-state index contributed by atoms with van der Waals surface area (Å²) in [5.74, 6) is 0. The molecule has 0 aliphatic heterocycles. The summed E-state index contributed by atoms with van der Waals surface area (Å²) in [5, 5.41) is 0. The second kappa shape index (κ2) is 8.55. The van der Waals surface area contributed by atoms with Gasteiger partial charge < -0.3 is 0 Å². The zero-order chi connectivity index (χ0) is 9.90. The molecule has 0 unspecified atom stereocenters. The quantitative estimate of drug-likeness (QED) is 0.494. The van der Waals surface area contributed by atoms with Crippen molar-refractivity contribution in [2.75, 3.05) is 0 Å². The van der Waals surface area contributed by atoms with Gasteiger partial charge in [0.1, 0.15) is 0 Å². The average Bonchev–Trinajstić information content (AvgIpc) is 2.22. The van der Waals surface area contributed by atoms with Crippen molar-refractivity contribution in [1.29, 1.82) is 0 Å². The Hall–Kier alpha value is -1.04. The van der Waals surface area contributed by atoms with Crippen LogP contribution in [0.3, 0.4) is 0 Å². The summed E-state index contributed by atoms with van der Waals surface area (Å²) in [4.78, 5) is 0. The molecule has 0 heterocycles. The normalized spacial score (nSPS) is 19.4. The Bertz CT molecular complexity index is 228. The lowest BCUT2D eigenvalue weighted by Gasteiger charge is -1.94. The van der Waals surface area contributed by atoms with Crippen LogP contribution in [-0.4, -0.2) is 0 Å². The summed E-state index contributed by atoms with van der Waals surface area (Å²) in [6.45, 7) is 0. The molecule has 0 heteroatoms. The first-order valence-corrected chi connectivity index (χ1v) is 5.53. The van der Waals surface area contributed by atoms with E-state index in [1.54, 1.807) is 0 Å². The van der Waals surface area contributed by atoms with Gasteiger partial charge in [-0.05, 0) is 38.2 Å². The molecule has 1 rings (SSSR count). The van der Waals surface area contributed by atoms with Crippen molar-refractivity contribution < 1.29 is 0 Å². The van der Waals surface area contributed by atoms with E-state index in [0.717, 1.165) is 6.42 Å². The van der Waals surface area contributed by atoms with Crippen LogP contribution < -0.4 is 0 Å². The Morgan fingerprint density at radius 1 is 0.714 bits per heavy atom. The molecule has 0 saturated carbocycles. The monoisotopic (exact) mass is 187 g/mol.